The Labute approximate surface area is 130 Å². The number of fused-ring (bicyclic) bond motifs is 1. The van der Waals surface area contributed by atoms with Gasteiger partial charge in [-0.3, -0.25) is 0 Å². The highest BCUT2D eigenvalue weighted by Crippen LogP contribution is 2.28. The van der Waals surface area contributed by atoms with Gasteiger partial charge < -0.3 is 15.9 Å². The van der Waals surface area contributed by atoms with Crippen molar-refractivity contribution in [2.24, 2.45) is 10.8 Å². The van der Waals surface area contributed by atoms with Gasteiger partial charge in [0.2, 0.25) is 5.13 Å². The molecule has 0 atom stereocenters. The van der Waals surface area contributed by atoms with Crippen LogP contribution in [0, 0.1) is 0 Å². The van der Waals surface area contributed by atoms with Crippen molar-refractivity contribution in [3.63, 3.8) is 0 Å². The summed E-state index contributed by atoms with van der Waals surface area (Å²) in [7, 11) is 1.73. The molecule has 7 heteroatoms. The third kappa shape index (κ3) is 2.66. The summed E-state index contributed by atoms with van der Waals surface area (Å²) in [6.07, 6.45) is 0. The van der Waals surface area contributed by atoms with E-state index < -0.39 is 0 Å². The molecule has 2 aromatic carbocycles. The summed E-state index contributed by atoms with van der Waals surface area (Å²) >= 11 is 1.49. The Morgan fingerprint density at radius 1 is 1.23 bits per heavy atom. The lowest BCUT2D eigenvalue weighted by molar-refractivity contribution is 0.459. The Kier molecular flexibility index (Phi) is 3.56. The fraction of sp³-hybridized carbons (Fsp3) is 0.0667. The highest BCUT2D eigenvalue weighted by molar-refractivity contribution is 7.22. The lowest BCUT2D eigenvalue weighted by Crippen LogP contribution is -2.20. The Bertz CT molecular complexity index is 827. The van der Waals surface area contributed by atoms with Gasteiger partial charge in [0.25, 0.3) is 0 Å². The van der Waals surface area contributed by atoms with Crippen LogP contribution in [0.1, 0.15) is 5.56 Å². The third-order valence-corrected chi connectivity index (χ3v) is 4.18. The highest BCUT2D eigenvalue weighted by atomic mass is 32.1. The summed E-state index contributed by atoms with van der Waals surface area (Å²) in [6, 6.07) is 11.9. The zero-order chi connectivity index (χ0) is 15.7. The fourth-order valence-electron chi connectivity index (χ4n) is 1.99. The van der Waals surface area contributed by atoms with E-state index in [0.717, 1.165) is 10.2 Å². The Balaban J connectivity index is 1.94. The number of nitrogens with zero attached hydrogens (tertiary/aromatic N) is 3. The van der Waals surface area contributed by atoms with E-state index >= 15 is 0 Å². The molecule has 0 amide bonds. The van der Waals surface area contributed by atoms with E-state index in [0.29, 0.717) is 5.13 Å². The second-order valence-corrected chi connectivity index (χ2v) is 5.68. The molecule has 0 radical (unpaired) electrons. The van der Waals surface area contributed by atoms with Crippen LogP contribution in [0.3, 0.4) is 0 Å². The van der Waals surface area contributed by atoms with Crippen LogP contribution in [-0.2, 0) is 0 Å². The van der Waals surface area contributed by atoms with E-state index in [-0.39, 0.29) is 22.9 Å². The number of benzene rings is 2. The second kappa shape index (κ2) is 5.53. The van der Waals surface area contributed by atoms with E-state index in [9.17, 15) is 10.2 Å². The SMILES string of the molecule is CN(/N=C(\N)c1cc(O)ccc1O)c1nc2ccccc2s1. The van der Waals surface area contributed by atoms with Crippen LogP contribution in [0.15, 0.2) is 47.6 Å². The average Bonchev–Trinajstić information content (AvgIpc) is 2.93. The predicted octanol–water partition coefficient (Wildman–Crippen LogP) is 2.46. The monoisotopic (exact) mass is 314 g/mol. The number of rotatable bonds is 3. The Morgan fingerprint density at radius 3 is 2.77 bits per heavy atom. The largest absolute Gasteiger partial charge is 0.508 e. The number of aromatic nitrogens is 1. The summed E-state index contributed by atoms with van der Waals surface area (Å²) in [6.45, 7) is 0. The Morgan fingerprint density at radius 2 is 2.00 bits per heavy atom. The van der Waals surface area contributed by atoms with Crippen molar-refractivity contribution in [1.82, 2.24) is 4.98 Å². The van der Waals surface area contributed by atoms with Crippen LogP contribution in [0.5, 0.6) is 11.5 Å². The van der Waals surface area contributed by atoms with Crippen molar-refractivity contribution < 1.29 is 10.2 Å². The van der Waals surface area contributed by atoms with Crippen LogP contribution in [0.2, 0.25) is 0 Å². The molecule has 112 valence electrons. The van der Waals surface area contributed by atoms with Crippen molar-refractivity contribution >= 4 is 32.5 Å². The van der Waals surface area contributed by atoms with E-state index in [1.807, 2.05) is 24.3 Å². The number of hydrazone groups is 1. The average molecular weight is 314 g/mol. The van der Waals surface area contributed by atoms with Crippen LogP contribution >= 0.6 is 11.3 Å². The molecule has 3 rings (SSSR count). The zero-order valence-electron chi connectivity index (χ0n) is 11.8. The third-order valence-electron chi connectivity index (χ3n) is 3.07. The maximum atomic E-state index is 9.80. The molecule has 0 saturated heterocycles. The quantitative estimate of drug-likeness (QED) is 0.299. The van der Waals surface area contributed by atoms with Gasteiger partial charge in [0.15, 0.2) is 5.84 Å². The number of anilines is 1. The maximum absolute atomic E-state index is 9.80. The van der Waals surface area contributed by atoms with Crippen molar-refractivity contribution in [2.45, 2.75) is 0 Å². The molecule has 3 aromatic rings. The van der Waals surface area contributed by atoms with Crippen LogP contribution < -0.4 is 10.7 Å². The molecule has 0 saturated carbocycles. The van der Waals surface area contributed by atoms with Crippen molar-refractivity contribution in [1.29, 1.82) is 0 Å². The molecule has 22 heavy (non-hydrogen) atoms. The topological polar surface area (TPSA) is 95.0 Å². The van der Waals surface area contributed by atoms with Crippen LogP contribution in [0.25, 0.3) is 10.2 Å². The molecule has 0 bridgehead atoms. The van der Waals surface area contributed by atoms with Gasteiger partial charge >= 0.3 is 0 Å². The number of amidine groups is 1. The van der Waals surface area contributed by atoms with Crippen molar-refractivity contribution in [3.05, 3.63) is 48.0 Å². The predicted molar refractivity (Wildman–Crippen MR) is 88.5 cm³/mol. The van der Waals surface area contributed by atoms with Crippen molar-refractivity contribution in [2.75, 3.05) is 12.1 Å². The number of para-hydroxylation sites is 1. The number of phenols is 2. The summed E-state index contributed by atoms with van der Waals surface area (Å²) in [5, 5.41) is 25.7. The molecule has 0 aliphatic heterocycles. The van der Waals surface area contributed by atoms with Gasteiger partial charge in [-0.1, -0.05) is 23.5 Å². The minimum Gasteiger partial charge on any atom is -0.508 e. The number of hydrogen-bond acceptors (Lipinski definition) is 6. The lowest BCUT2D eigenvalue weighted by atomic mass is 10.2. The van der Waals surface area contributed by atoms with E-state index in [1.54, 1.807) is 12.1 Å². The maximum Gasteiger partial charge on any atom is 0.206 e. The van der Waals surface area contributed by atoms with Gasteiger partial charge in [-0.15, -0.1) is 0 Å². The molecular formula is C15H14N4O2S. The van der Waals surface area contributed by atoms with Crippen LogP contribution in [-0.4, -0.2) is 28.1 Å². The number of thiazole rings is 1. The first-order valence-corrected chi connectivity index (χ1v) is 7.32. The number of aromatic hydroxyl groups is 2. The molecule has 0 aliphatic carbocycles. The zero-order valence-corrected chi connectivity index (χ0v) is 12.6. The highest BCUT2D eigenvalue weighted by Gasteiger charge is 2.11. The van der Waals surface area contributed by atoms with E-state index in [2.05, 4.69) is 10.1 Å². The summed E-state index contributed by atoms with van der Waals surface area (Å²) in [5.41, 5.74) is 7.07. The van der Waals surface area contributed by atoms with Gasteiger partial charge in [0, 0.05) is 7.05 Å². The first kappa shape index (κ1) is 14.2. The molecule has 0 unspecified atom stereocenters. The minimum absolute atomic E-state index is 0.00795. The standard InChI is InChI=1S/C15H14N4O2S/c1-19(15-17-11-4-2-3-5-13(11)22-15)18-14(16)10-8-9(20)6-7-12(10)21/h2-8,20-21H,1H3,(H2,16,18). The minimum atomic E-state index is -0.0447. The van der Waals surface area contributed by atoms with Gasteiger partial charge in [-0.05, 0) is 30.3 Å². The van der Waals surface area contributed by atoms with Gasteiger partial charge in [-0.2, -0.15) is 5.10 Å². The molecule has 1 heterocycles. The second-order valence-electron chi connectivity index (χ2n) is 4.67. The molecular weight excluding hydrogens is 300 g/mol. The first-order valence-electron chi connectivity index (χ1n) is 6.50. The number of phenolic OH excluding ortho intramolecular Hbond substituents is 2. The molecule has 0 aliphatic rings. The molecule has 4 N–H and O–H groups in total. The molecule has 6 nitrogen and oxygen atoms in total. The van der Waals surface area contributed by atoms with Crippen LogP contribution in [0.4, 0.5) is 5.13 Å². The first-order chi connectivity index (χ1) is 10.5. The van der Waals surface area contributed by atoms with Gasteiger partial charge in [-0.25, -0.2) is 9.99 Å². The molecule has 0 fully saturated rings. The summed E-state index contributed by atoms with van der Waals surface area (Å²) in [5.74, 6) is 0.0560. The molecule has 1 aromatic heterocycles. The number of hydrogen-bond donors (Lipinski definition) is 3. The van der Waals surface area contributed by atoms with Gasteiger partial charge in [0.05, 0.1) is 15.8 Å². The summed E-state index contributed by atoms with van der Waals surface area (Å²) < 4.78 is 1.05. The fourth-order valence-corrected chi connectivity index (χ4v) is 2.86. The Hall–Kier alpha value is -2.80. The molecule has 0 spiro atoms. The number of nitrogens with two attached hydrogens (primary N) is 1. The van der Waals surface area contributed by atoms with Crippen molar-refractivity contribution in [3.8, 4) is 11.5 Å². The lowest BCUT2D eigenvalue weighted by Gasteiger charge is -2.11. The smallest absolute Gasteiger partial charge is 0.206 e. The normalized spacial score (nSPS) is 11.8. The van der Waals surface area contributed by atoms with E-state index in [4.69, 9.17) is 5.73 Å². The van der Waals surface area contributed by atoms with E-state index in [1.165, 1.54) is 29.5 Å². The van der Waals surface area contributed by atoms with Gasteiger partial charge in [0.1, 0.15) is 11.5 Å². The summed E-state index contributed by atoms with van der Waals surface area (Å²) in [4.78, 5) is 4.47.